The maximum atomic E-state index is 10.8. The van der Waals surface area contributed by atoms with Crippen molar-refractivity contribution in [2.24, 2.45) is 0 Å². The molecule has 11 heavy (non-hydrogen) atoms. The molecule has 0 saturated carbocycles. The number of unbranched alkanes of at least 4 members (excludes halogenated alkanes) is 1. The number of rotatable bonds is 5. The Bertz CT molecular complexity index is 106. The second kappa shape index (κ2) is 7.34. The first kappa shape index (κ1) is 10.2. The van der Waals surface area contributed by atoms with Gasteiger partial charge in [0.15, 0.2) is 0 Å². The van der Waals surface area contributed by atoms with Gasteiger partial charge in [-0.1, -0.05) is 20.3 Å². The van der Waals surface area contributed by atoms with Gasteiger partial charge in [-0.05, 0) is 6.42 Å². The summed E-state index contributed by atoms with van der Waals surface area (Å²) >= 11 is 0. The minimum absolute atomic E-state index is 0.152. The van der Waals surface area contributed by atoms with Crippen LogP contribution in [0, 0.1) is 0 Å². The fourth-order valence-corrected chi connectivity index (χ4v) is 0.592. The maximum Gasteiger partial charge on any atom is 0.329 e. The smallest absolute Gasteiger partial charge is 0.329 e. The monoisotopic (exact) mass is 159 g/mol. The molecule has 0 saturated heterocycles. The zero-order valence-corrected chi connectivity index (χ0v) is 7.24. The van der Waals surface area contributed by atoms with E-state index in [9.17, 15) is 4.79 Å². The van der Waals surface area contributed by atoms with Crippen molar-refractivity contribution in [3.63, 3.8) is 0 Å². The second-order valence-electron chi connectivity index (χ2n) is 2.26. The summed E-state index contributed by atoms with van der Waals surface area (Å²) in [6.45, 7) is 5.49. The summed E-state index contributed by atoms with van der Waals surface area (Å²) in [4.78, 5) is 10.8. The molecule has 0 radical (unpaired) electrons. The summed E-state index contributed by atoms with van der Waals surface area (Å²) in [5.41, 5.74) is 5.20. The molecule has 3 N–H and O–H groups in total. The van der Waals surface area contributed by atoms with E-state index in [1.807, 2.05) is 6.92 Å². The van der Waals surface area contributed by atoms with Crippen LogP contribution in [0.4, 0.5) is 4.79 Å². The molecule has 0 aliphatic carbocycles. The zero-order chi connectivity index (χ0) is 8.53. The molecular weight excluding hydrogens is 142 g/mol. The zero-order valence-electron chi connectivity index (χ0n) is 7.24. The highest BCUT2D eigenvalue weighted by Crippen LogP contribution is 1.81. The van der Waals surface area contributed by atoms with Crippen molar-refractivity contribution in [3.8, 4) is 0 Å². The molecule has 4 nitrogen and oxygen atoms in total. The van der Waals surface area contributed by atoms with Crippen molar-refractivity contribution in [1.82, 2.24) is 16.2 Å². The topological polar surface area (TPSA) is 53.2 Å². The lowest BCUT2D eigenvalue weighted by molar-refractivity contribution is 0.236. The van der Waals surface area contributed by atoms with Crippen LogP contribution in [0.25, 0.3) is 0 Å². The van der Waals surface area contributed by atoms with E-state index >= 15 is 0 Å². The summed E-state index contributed by atoms with van der Waals surface area (Å²) in [7, 11) is 0. The Kier molecular flexibility index (Phi) is 6.82. The van der Waals surface area contributed by atoms with E-state index in [4.69, 9.17) is 0 Å². The normalized spacial score (nSPS) is 9.27. The van der Waals surface area contributed by atoms with Crippen molar-refractivity contribution in [3.05, 3.63) is 0 Å². The molecule has 0 aromatic heterocycles. The van der Waals surface area contributed by atoms with Crippen LogP contribution in [0.15, 0.2) is 0 Å². The first-order chi connectivity index (χ1) is 5.31. The Morgan fingerprint density at radius 2 is 2.09 bits per heavy atom. The van der Waals surface area contributed by atoms with Crippen LogP contribution in [0.2, 0.25) is 0 Å². The van der Waals surface area contributed by atoms with Gasteiger partial charge in [0.05, 0.1) is 0 Å². The Morgan fingerprint density at radius 3 is 2.64 bits per heavy atom. The number of urea groups is 1. The lowest BCUT2D eigenvalue weighted by Gasteiger charge is -2.05. The molecule has 4 heteroatoms. The molecule has 0 aromatic carbocycles. The van der Waals surface area contributed by atoms with Crippen LogP contribution < -0.4 is 16.2 Å². The molecule has 0 spiro atoms. The largest absolute Gasteiger partial charge is 0.337 e. The summed E-state index contributed by atoms with van der Waals surface area (Å²) in [6.07, 6.45) is 2.13. The van der Waals surface area contributed by atoms with Crippen LogP contribution in [0.1, 0.15) is 26.7 Å². The molecule has 0 heterocycles. The van der Waals surface area contributed by atoms with Crippen LogP contribution in [-0.4, -0.2) is 19.1 Å². The minimum Gasteiger partial charge on any atom is -0.337 e. The number of hydrogen-bond acceptors (Lipinski definition) is 2. The Balaban J connectivity index is 3.09. The first-order valence-electron chi connectivity index (χ1n) is 4.08. The van der Waals surface area contributed by atoms with Crippen molar-refractivity contribution in [2.45, 2.75) is 26.7 Å². The predicted molar refractivity (Wildman–Crippen MR) is 45.1 cm³/mol. The molecule has 0 aliphatic rings. The molecule has 0 rings (SSSR count). The van der Waals surface area contributed by atoms with E-state index in [2.05, 4.69) is 23.1 Å². The molecule has 0 aromatic rings. The van der Waals surface area contributed by atoms with Gasteiger partial charge < -0.3 is 5.32 Å². The third-order valence-electron chi connectivity index (χ3n) is 1.19. The van der Waals surface area contributed by atoms with E-state index < -0.39 is 0 Å². The molecule has 2 amide bonds. The maximum absolute atomic E-state index is 10.8. The van der Waals surface area contributed by atoms with Gasteiger partial charge in [0.2, 0.25) is 0 Å². The van der Waals surface area contributed by atoms with E-state index in [0.29, 0.717) is 0 Å². The molecular formula is C7H17N3O. The van der Waals surface area contributed by atoms with Crippen molar-refractivity contribution in [2.75, 3.05) is 13.1 Å². The number of nitrogens with one attached hydrogen (secondary N) is 3. The molecule has 0 fully saturated rings. The molecule has 0 unspecified atom stereocenters. The van der Waals surface area contributed by atoms with Gasteiger partial charge in [-0.15, -0.1) is 0 Å². The minimum atomic E-state index is -0.152. The van der Waals surface area contributed by atoms with Gasteiger partial charge >= 0.3 is 6.03 Å². The highest BCUT2D eigenvalue weighted by atomic mass is 16.2. The van der Waals surface area contributed by atoms with Gasteiger partial charge in [0.1, 0.15) is 0 Å². The van der Waals surface area contributed by atoms with E-state index in [1.54, 1.807) is 0 Å². The number of carbonyl (C=O) groups excluding carboxylic acids is 1. The number of carbonyl (C=O) groups is 1. The van der Waals surface area contributed by atoms with Gasteiger partial charge in [0.25, 0.3) is 0 Å². The Labute approximate surface area is 67.7 Å². The average Bonchev–Trinajstić information content (AvgIpc) is 2.01. The van der Waals surface area contributed by atoms with Crippen LogP contribution in [0.3, 0.4) is 0 Å². The van der Waals surface area contributed by atoms with Crippen LogP contribution in [-0.2, 0) is 0 Å². The fraction of sp³-hybridized carbons (Fsp3) is 0.857. The molecule has 0 atom stereocenters. The van der Waals surface area contributed by atoms with E-state index in [0.717, 1.165) is 25.9 Å². The summed E-state index contributed by atoms with van der Waals surface area (Å²) in [6, 6.07) is -0.152. The number of hydrazine groups is 1. The summed E-state index contributed by atoms with van der Waals surface area (Å²) < 4.78 is 0. The van der Waals surface area contributed by atoms with Gasteiger partial charge in [-0.2, -0.15) is 0 Å². The molecule has 0 bridgehead atoms. The molecule has 0 aliphatic heterocycles. The Hall–Kier alpha value is -0.770. The van der Waals surface area contributed by atoms with Gasteiger partial charge in [-0.3, -0.25) is 5.43 Å². The summed E-state index contributed by atoms with van der Waals surface area (Å²) in [5, 5.41) is 2.71. The highest BCUT2D eigenvalue weighted by Gasteiger charge is 1.94. The molecule has 66 valence electrons. The van der Waals surface area contributed by atoms with Crippen molar-refractivity contribution in [1.29, 1.82) is 0 Å². The lowest BCUT2D eigenvalue weighted by Crippen LogP contribution is -2.44. The quantitative estimate of drug-likeness (QED) is 0.406. The summed E-state index contributed by atoms with van der Waals surface area (Å²) in [5.74, 6) is 0. The number of amides is 2. The third-order valence-corrected chi connectivity index (χ3v) is 1.19. The highest BCUT2D eigenvalue weighted by molar-refractivity contribution is 5.73. The van der Waals surface area contributed by atoms with E-state index in [-0.39, 0.29) is 6.03 Å². The first-order valence-corrected chi connectivity index (χ1v) is 4.08. The third kappa shape index (κ3) is 7.12. The standard InChI is InChI=1S/C7H17N3O/c1-3-5-6-8-7(11)10-9-4-2/h9H,3-6H2,1-2H3,(H2,8,10,11). The average molecular weight is 159 g/mol. The Morgan fingerprint density at radius 1 is 1.36 bits per heavy atom. The van der Waals surface area contributed by atoms with Crippen molar-refractivity contribution < 1.29 is 4.79 Å². The lowest BCUT2D eigenvalue weighted by atomic mass is 10.3. The van der Waals surface area contributed by atoms with E-state index in [1.165, 1.54) is 0 Å². The number of hydrogen-bond donors (Lipinski definition) is 3. The van der Waals surface area contributed by atoms with Gasteiger partial charge in [-0.25, -0.2) is 10.2 Å². The van der Waals surface area contributed by atoms with Crippen LogP contribution in [0.5, 0.6) is 0 Å². The predicted octanol–water partition coefficient (Wildman–Crippen LogP) is 0.610. The SMILES string of the molecule is CCCCNC(=O)NNCC. The fourth-order valence-electron chi connectivity index (χ4n) is 0.592. The second-order valence-corrected chi connectivity index (χ2v) is 2.26. The van der Waals surface area contributed by atoms with Crippen molar-refractivity contribution >= 4 is 6.03 Å². The van der Waals surface area contributed by atoms with Crippen LogP contribution >= 0.6 is 0 Å². The van der Waals surface area contributed by atoms with Gasteiger partial charge in [0, 0.05) is 13.1 Å².